The quantitative estimate of drug-likeness (QED) is 0.758. The van der Waals surface area contributed by atoms with Gasteiger partial charge in [0.2, 0.25) is 0 Å². The molecule has 0 aliphatic rings. The van der Waals surface area contributed by atoms with E-state index in [1.165, 1.54) is 5.56 Å². The minimum Gasteiger partial charge on any atom is -0.468 e. The van der Waals surface area contributed by atoms with Crippen molar-refractivity contribution in [2.45, 2.75) is 45.7 Å². The Bertz CT molecular complexity index is 296. The monoisotopic (exact) mass is 211 g/mol. The molecule has 0 aliphatic carbocycles. The predicted octanol–water partition coefficient (Wildman–Crippen LogP) is 2.23. The summed E-state index contributed by atoms with van der Waals surface area (Å²) < 4.78 is 5.36. The first kappa shape index (κ1) is 12.3. The van der Waals surface area contributed by atoms with Crippen LogP contribution >= 0.6 is 0 Å². The van der Waals surface area contributed by atoms with E-state index in [-0.39, 0.29) is 12.1 Å². The molecule has 0 aliphatic heterocycles. The van der Waals surface area contributed by atoms with Crippen LogP contribution in [0.5, 0.6) is 0 Å². The molecule has 0 fully saturated rings. The lowest BCUT2D eigenvalue weighted by molar-refractivity contribution is 0.211. The molecule has 0 bridgehead atoms. The first-order chi connectivity index (χ1) is 7.11. The molecule has 0 saturated carbocycles. The first-order valence-electron chi connectivity index (χ1n) is 5.50. The number of nitrogens with one attached hydrogen (secondary N) is 1. The minimum atomic E-state index is -0.00597. The van der Waals surface area contributed by atoms with Crippen molar-refractivity contribution in [3.8, 4) is 0 Å². The van der Waals surface area contributed by atoms with E-state index in [0.717, 1.165) is 25.1 Å². The second-order valence-corrected chi connectivity index (χ2v) is 4.27. The number of rotatable bonds is 6. The van der Waals surface area contributed by atoms with Gasteiger partial charge in [-0.2, -0.15) is 0 Å². The summed E-state index contributed by atoms with van der Waals surface area (Å²) in [4.78, 5) is 0. The van der Waals surface area contributed by atoms with Crippen LogP contribution in [0.15, 0.2) is 16.7 Å². The lowest BCUT2D eigenvalue weighted by Crippen LogP contribution is -2.42. The maximum atomic E-state index is 8.98. The molecule has 1 unspecified atom stereocenters. The van der Waals surface area contributed by atoms with Gasteiger partial charge in [-0.05, 0) is 38.3 Å². The molecule has 1 atom stereocenters. The lowest BCUT2D eigenvalue weighted by Gasteiger charge is -2.28. The van der Waals surface area contributed by atoms with Crippen LogP contribution in [0, 0.1) is 6.92 Å². The highest BCUT2D eigenvalue weighted by Crippen LogP contribution is 2.16. The smallest absolute Gasteiger partial charge is 0.120 e. The average molecular weight is 211 g/mol. The molecule has 15 heavy (non-hydrogen) atoms. The van der Waals surface area contributed by atoms with E-state index in [2.05, 4.69) is 19.2 Å². The largest absolute Gasteiger partial charge is 0.468 e. The van der Waals surface area contributed by atoms with Crippen LogP contribution < -0.4 is 5.32 Å². The highest BCUT2D eigenvalue weighted by Gasteiger charge is 2.20. The molecule has 3 heteroatoms. The zero-order valence-corrected chi connectivity index (χ0v) is 9.84. The van der Waals surface area contributed by atoms with E-state index in [1.807, 2.05) is 13.0 Å². The number of furan rings is 1. The first-order valence-corrected chi connectivity index (χ1v) is 5.50. The van der Waals surface area contributed by atoms with Crippen LogP contribution in [-0.2, 0) is 6.54 Å². The van der Waals surface area contributed by atoms with E-state index < -0.39 is 0 Å². The third-order valence-corrected chi connectivity index (χ3v) is 3.09. The van der Waals surface area contributed by atoms with Gasteiger partial charge in [0.1, 0.15) is 5.76 Å². The number of aliphatic hydroxyl groups is 1. The third-order valence-electron chi connectivity index (χ3n) is 3.09. The van der Waals surface area contributed by atoms with Crippen LogP contribution in [0.2, 0.25) is 0 Å². The van der Waals surface area contributed by atoms with Crippen molar-refractivity contribution in [3.63, 3.8) is 0 Å². The Balaban J connectivity index is 2.51. The van der Waals surface area contributed by atoms with Gasteiger partial charge in [0.05, 0.1) is 12.8 Å². The second kappa shape index (κ2) is 5.33. The van der Waals surface area contributed by atoms with Gasteiger partial charge in [0.25, 0.3) is 0 Å². The van der Waals surface area contributed by atoms with Gasteiger partial charge in [0.15, 0.2) is 0 Å². The van der Waals surface area contributed by atoms with Crippen molar-refractivity contribution in [3.05, 3.63) is 23.7 Å². The molecule has 2 N–H and O–H groups in total. The van der Waals surface area contributed by atoms with Gasteiger partial charge in [0, 0.05) is 12.1 Å². The molecule has 0 radical (unpaired) electrons. The van der Waals surface area contributed by atoms with Gasteiger partial charge in [-0.3, -0.25) is 0 Å². The van der Waals surface area contributed by atoms with E-state index in [1.54, 1.807) is 6.26 Å². The molecule has 1 aromatic heterocycles. The maximum absolute atomic E-state index is 8.98. The normalized spacial score (nSPS) is 15.2. The van der Waals surface area contributed by atoms with Crippen molar-refractivity contribution < 1.29 is 9.52 Å². The van der Waals surface area contributed by atoms with Gasteiger partial charge in [-0.1, -0.05) is 6.92 Å². The van der Waals surface area contributed by atoms with Gasteiger partial charge < -0.3 is 14.8 Å². The van der Waals surface area contributed by atoms with E-state index >= 15 is 0 Å². The van der Waals surface area contributed by atoms with Crippen molar-refractivity contribution in [2.75, 3.05) is 6.61 Å². The summed E-state index contributed by atoms with van der Waals surface area (Å²) in [5.74, 6) is 0.979. The molecule has 0 amide bonds. The molecular formula is C12H21NO2. The van der Waals surface area contributed by atoms with E-state index in [4.69, 9.17) is 9.52 Å². The summed E-state index contributed by atoms with van der Waals surface area (Å²) in [5, 5.41) is 12.4. The Labute approximate surface area is 91.5 Å². The molecule has 1 rings (SSSR count). The molecule has 86 valence electrons. The van der Waals surface area contributed by atoms with Crippen molar-refractivity contribution in [1.82, 2.24) is 5.32 Å². The number of hydrogen-bond acceptors (Lipinski definition) is 3. The highest BCUT2D eigenvalue weighted by molar-refractivity contribution is 5.14. The standard InChI is InChI=1S/C12H21NO2/c1-4-12(3,6-7-14)13-9-11-10(2)5-8-15-11/h5,8,13-14H,4,6-7,9H2,1-3H3. The van der Waals surface area contributed by atoms with Crippen LogP contribution in [0.4, 0.5) is 0 Å². The summed E-state index contributed by atoms with van der Waals surface area (Å²) in [5.41, 5.74) is 1.17. The van der Waals surface area contributed by atoms with Gasteiger partial charge in [-0.15, -0.1) is 0 Å². The van der Waals surface area contributed by atoms with Crippen LogP contribution in [-0.4, -0.2) is 17.3 Å². The summed E-state index contributed by atoms with van der Waals surface area (Å²) >= 11 is 0. The zero-order chi connectivity index (χ0) is 11.3. The number of hydrogen-bond donors (Lipinski definition) is 2. The van der Waals surface area contributed by atoms with Crippen LogP contribution in [0.3, 0.4) is 0 Å². The fourth-order valence-electron chi connectivity index (χ4n) is 1.52. The number of aryl methyl sites for hydroxylation is 1. The zero-order valence-electron chi connectivity index (χ0n) is 9.84. The molecule has 3 nitrogen and oxygen atoms in total. The SMILES string of the molecule is CCC(C)(CCO)NCc1occc1C. The van der Waals surface area contributed by atoms with E-state index in [0.29, 0.717) is 0 Å². The Morgan fingerprint density at radius 2 is 2.27 bits per heavy atom. The number of aliphatic hydroxyl groups excluding tert-OH is 1. The third kappa shape index (κ3) is 3.36. The summed E-state index contributed by atoms with van der Waals surface area (Å²) in [6.45, 7) is 7.23. The van der Waals surface area contributed by atoms with Crippen LogP contribution in [0.25, 0.3) is 0 Å². The van der Waals surface area contributed by atoms with Crippen molar-refractivity contribution in [2.24, 2.45) is 0 Å². The molecule has 0 spiro atoms. The molecular weight excluding hydrogens is 190 g/mol. The summed E-state index contributed by atoms with van der Waals surface area (Å²) in [7, 11) is 0. The average Bonchev–Trinajstić information content (AvgIpc) is 2.62. The molecule has 0 saturated heterocycles. The predicted molar refractivity (Wildman–Crippen MR) is 60.7 cm³/mol. The molecule has 1 heterocycles. The Kier molecular flexibility index (Phi) is 4.36. The summed E-state index contributed by atoms with van der Waals surface area (Å²) in [6, 6.07) is 1.96. The summed E-state index contributed by atoms with van der Waals surface area (Å²) in [6.07, 6.45) is 3.47. The fraction of sp³-hybridized carbons (Fsp3) is 0.667. The maximum Gasteiger partial charge on any atom is 0.120 e. The Morgan fingerprint density at radius 1 is 1.53 bits per heavy atom. The van der Waals surface area contributed by atoms with Crippen molar-refractivity contribution >= 4 is 0 Å². The van der Waals surface area contributed by atoms with Crippen molar-refractivity contribution in [1.29, 1.82) is 0 Å². The van der Waals surface area contributed by atoms with Gasteiger partial charge >= 0.3 is 0 Å². The Morgan fingerprint density at radius 3 is 2.73 bits per heavy atom. The molecule has 1 aromatic rings. The topological polar surface area (TPSA) is 45.4 Å². The molecule has 0 aromatic carbocycles. The minimum absolute atomic E-state index is 0.00597. The fourth-order valence-corrected chi connectivity index (χ4v) is 1.52. The second-order valence-electron chi connectivity index (χ2n) is 4.27. The van der Waals surface area contributed by atoms with Crippen LogP contribution in [0.1, 0.15) is 38.0 Å². The Hall–Kier alpha value is -0.800. The highest BCUT2D eigenvalue weighted by atomic mass is 16.3. The van der Waals surface area contributed by atoms with E-state index in [9.17, 15) is 0 Å². The lowest BCUT2D eigenvalue weighted by atomic mass is 9.95. The van der Waals surface area contributed by atoms with Gasteiger partial charge in [-0.25, -0.2) is 0 Å².